The van der Waals surface area contributed by atoms with Crippen molar-refractivity contribution in [3.05, 3.63) is 15.3 Å². The second kappa shape index (κ2) is 17.0. The van der Waals surface area contributed by atoms with Crippen molar-refractivity contribution >= 4 is 8.80 Å². The molecule has 0 atom stereocenters. The summed E-state index contributed by atoms with van der Waals surface area (Å²) < 4.78 is 19.5. The summed E-state index contributed by atoms with van der Waals surface area (Å²) in [6, 6.07) is 0.971. The van der Waals surface area contributed by atoms with Crippen LogP contribution < -0.4 is 0 Å². The first-order valence-corrected chi connectivity index (χ1v) is 13.4. The van der Waals surface area contributed by atoms with Gasteiger partial charge in [-0.1, -0.05) is 32.6 Å². The molecule has 1 aliphatic heterocycles. The van der Waals surface area contributed by atoms with Crippen molar-refractivity contribution in [2.75, 3.05) is 46.0 Å². The average Bonchev–Trinajstić information content (AvgIpc) is 3.13. The molecule has 8 nitrogen and oxygen atoms in total. The SMILES string of the molecule is CCCCCCCC[N+]1(CC[Si](OCC)(OCC)OCC)CCCC1.O=[N+]([O-])[O-]. The first kappa shape index (κ1) is 28.3. The zero-order chi connectivity index (χ0) is 22.0. The molecule has 0 aromatic rings. The average molecular weight is 437 g/mol. The van der Waals surface area contributed by atoms with Crippen molar-refractivity contribution in [3.8, 4) is 0 Å². The standard InChI is InChI=1S/C20H44NO3Si.NO3/c1-5-9-10-11-12-13-16-21(17-14-15-18-21)19-20-25(22-6-2,23-7-3)24-8-4;2-1(3)4/h5-20H2,1-4H3;/q+1;-1. The largest absolute Gasteiger partial charge is 0.506 e. The van der Waals surface area contributed by atoms with Gasteiger partial charge in [-0.15, -0.1) is 0 Å². The molecule has 0 bridgehead atoms. The first-order valence-electron chi connectivity index (χ1n) is 11.5. The molecule has 1 fully saturated rings. The van der Waals surface area contributed by atoms with Gasteiger partial charge in [0.25, 0.3) is 0 Å². The quantitative estimate of drug-likeness (QED) is 0.114. The van der Waals surface area contributed by atoms with Crippen LogP contribution in [0, 0.1) is 15.3 Å². The van der Waals surface area contributed by atoms with E-state index in [-0.39, 0.29) is 0 Å². The molecule has 0 amide bonds. The fourth-order valence-corrected chi connectivity index (χ4v) is 6.92. The summed E-state index contributed by atoms with van der Waals surface area (Å²) in [4.78, 5) is 8.25. The molecule has 9 heteroatoms. The smallest absolute Gasteiger partial charge is 0.374 e. The normalized spacial score (nSPS) is 15.7. The molecule has 0 aromatic carbocycles. The van der Waals surface area contributed by atoms with E-state index in [1.165, 1.54) is 82.0 Å². The molecule has 1 heterocycles. The molecule has 0 unspecified atom stereocenters. The number of rotatable bonds is 16. The van der Waals surface area contributed by atoms with E-state index in [1.807, 2.05) is 0 Å². The van der Waals surface area contributed by atoms with Crippen LogP contribution in [0.1, 0.15) is 79.1 Å². The van der Waals surface area contributed by atoms with Gasteiger partial charge in [-0.05, 0) is 33.6 Å². The van der Waals surface area contributed by atoms with Crippen LogP contribution >= 0.6 is 0 Å². The molecule has 1 rings (SSSR count). The van der Waals surface area contributed by atoms with Crippen LogP contribution in [0.3, 0.4) is 0 Å². The van der Waals surface area contributed by atoms with Gasteiger partial charge >= 0.3 is 8.80 Å². The number of hydrogen-bond acceptors (Lipinski definition) is 6. The monoisotopic (exact) mass is 436 g/mol. The second-order valence-electron chi connectivity index (χ2n) is 7.67. The van der Waals surface area contributed by atoms with Gasteiger partial charge in [0.05, 0.1) is 37.3 Å². The first-order chi connectivity index (χ1) is 13.9. The summed E-state index contributed by atoms with van der Waals surface area (Å²) in [5.74, 6) is 0. The fourth-order valence-electron chi connectivity index (χ4n) is 4.17. The number of hydrogen-bond donors (Lipinski definition) is 0. The summed E-state index contributed by atoms with van der Waals surface area (Å²) in [6.07, 6.45) is 11.1. The van der Waals surface area contributed by atoms with Gasteiger partial charge in [0, 0.05) is 32.7 Å². The Morgan fingerprint density at radius 3 is 1.69 bits per heavy atom. The minimum atomic E-state index is -2.49. The lowest BCUT2D eigenvalue weighted by Gasteiger charge is -2.37. The molecule has 0 saturated carbocycles. The summed E-state index contributed by atoms with van der Waals surface area (Å²) in [6.45, 7) is 15.7. The van der Waals surface area contributed by atoms with Gasteiger partial charge in [0.2, 0.25) is 0 Å². The Hall–Kier alpha value is -0.743. The van der Waals surface area contributed by atoms with Crippen LogP contribution in [-0.2, 0) is 13.3 Å². The number of unbranched alkanes of at least 4 members (excludes halogenated alkanes) is 5. The summed E-state index contributed by atoms with van der Waals surface area (Å²) in [7, 11) is -2.49. The third kappa shape index (κ3) is 13.2. The Labute approximate surface area is 178 Å². The van der Waals surface area contributed by atoms with E-state index in [2.05, 4.69) is 27.7 Å². The molecule has 1 aliphatic rings. The second-order valence-corrected chi connectivity index (χ2v) is 10.4. The molecular weight excluding hydrogens is 392 g/mol. The van der Waals surface area contributed by atoms with E-state index in [1.54, 1.807) is 0 Å². The van der Waals surface area contributed by atoms with Crippen molar-refractivity contribution in [2.45, 2.75) is 85.1 Å². The molecule has 174 valence electrons. The highest BCUT2D eigenvalue weighted by Crippen LogP contribution is 2.26. The third-order valence-electron chi connectivity index (χ3n) is 5.49. The summed E-state index contributed by atoms with van der Waals surface area (Å²) in [5, 5.41) is 14.8. The molecule has 0 aliphatic carbocycles. The zero-order valence-corrected chi connectivity index (χ0v) is 20.2. The van der Waals surface area contributed by atoms with Crippen LogP contribution in [0.4, 0.5) is 0 Å². The van der Waals surface area contributed by atoms with Crippen molar-refractivity contribution < 1.29 is 22.8 Å². The van der Waals surface area contributed by atoms with Crippen LogP contribution in [0.15, 0.2) is 0 Å². The van der Waals surface area contributed by atoms with Crippen molar-refractivity contribution in [3.63, 3.8) is 0 Å². The van der Waals surface area contributed by atoms with E-state index in [4.69, 9.17) is 28.6 Å². The van der Waals surface area contributed by atoms with Gasteiger partial charge in [0.1, 0.15) is 0 Å². The lowest BCUT2D eigenvalue weighted by atomic mass is 10.1. The Morgan fingerprint density at radius 2 is 1.24 bits per heavy atom. The number of quaternary nitrogens is 1. The zero-order valence-electron chi connectivity index (χ0n) is 19.2. The van der Waals surface area contributed by atoms with E-state index in [0.717, 1.165) is 6.04 Å². The number of likely N-dealkylation sites (tertiary alicyclic amines) is 1. The van der Waals surface area contributed by atoms with Gasteiger partial charge in [-0.3, -0.25) is 0 Å². The van der Waals surface area contributed by atoms with Gasteiger partial charge in [-0.25, -0.2) is 0 Å². The molecule has 0 spiro atoms. The summed E-state index contributed by atoms with van der Waals surface area (Å²) in [5.41, 5.74) is 0. The molecule has 0 N–H and O–H groups in total. The van der Waals surface area contributed by atoms with E-state index < -0.39 is 13.9 Å². The van der Waals surface area contributed by atoms with Crippen molar-refractivity contribution in [1.82, 2.24) is 0 Å². The third-order valence-corrected chi connectivity index (χ3v) is 8.51. The molecule has 0 aromatic heterocycles. The van der Waals surface area contributed by atoms with Crippen LogP contribution in [0.5, 0.6) is 0 Å². The number of nitrogens with zero attached hydrogens (tertiary/aromatic N) is 2. The van der Waals surface area contributed by atoms with E-state index >= 15 is 0 Å². The maximum Gasteiger partial charge on any atom is 0.506 e. The lowest BCUT2D eigenvalue weighted by molar-refractivity contribution is -0.915. The predicted molar refractivity (Wildman–Crippen MR) is 118 cm³/mol. The van der Waals surface area contributed by atoms with Crippen LogP contribution in [0.25, 0.3) is 0 Å². The highest BCUT2D eigenvalue weighted by atomic mass is 28.4. The lowest BCUT2D eigenvalue weighted by Crippen LogP contribution is -2.53. The predicted octanol–water partition coefficient (Wildman–Crippen LogP) is 4.77. The van der Waals surface area contributed by atoms with Gasteiger partial charge in [0.15, 0.2) is 0 Å². The Kier molecular flexibility index (Phi) is 16.6. The van der Waals surface area contributed by atoms with Gasteiger partial charge in [-0.2, -0.15) is 0 Å². The Balaban J connectivity index is 0.00000178. The maximum absolute atomic E-state index is 8.25. The van der Waals surface area contributed by atoms with E-state index in [9.17, 15) is 0 Å². The van der Waals surface area contributed by atoms with E-state index in [0.29, 0.717) is 19.8 Å². The highest BCUT2D eigenvalue weighted by Gasteiger charge is 2.44. The minimum Gasteiger partial charge on any atom is -0.374 e. The molecule has 29 heavy (non-hydrogen) atoms. The minimum absolute atomic E-state index is 0.684. The fraction of sp³-hybridized carbons (Fsp3) is 1.00. The highest BCUT2D eigenvalue weighted by molar-refractivity contribution is 6.60. The molecular formula is C20H44N2O6Si. The Bertz CT molecular complexity index is 387. The maximum atomic E-state index is 8.25. The summed E-state index contributed by atoms with van der Waals surface area (Å²) >= 11 is 0. The topological polar surface area (TPSA) is 93.9 Å². The van der Waals surface area contributed by atoms with Crippen molar-refractivity contribution in [2.24, 2.45) is 0 Å². The van der Waals surface area contributed by atoms with Gasteiger partial charge < -0.3 is 33.1 Å². The molecule has 1 saturated heterocycles. The van der Waals surface area contributed by atoms with Crippen LogP contribution in [0.2, 0.25) is 6.04 Å². The molecule has 0 radical (unpaired) electrons. The van der Waals surface area contributed by atoms with Crippen LogP contribution in [-0.4, -0.2) is 64.4 Å². The van der Waals surface area contributed by atoms with Crippen molar-refractivity contribution in [1.29, 1.82) is 0 Å². The Morgan fingerprint density at radius 1 is 0.793 bits per heavy atom.